The second kappa shape index (κ2) is 7.02. The molecule has 2 aliphatic heterocycles. The van der Waals surface area contributed by atoms with Crippen molar-refractivity contribution in [1.82, 2.24) is 0 Å². The van der Waals surface area contributed by atoms with E-state index in [1.807, 2.05) is 0 Å². The van der Waals surface area contributed by atoms with E-state index < -0.39 is 29.3 Å². The van der Waals surface area contributed by atoms with Crippen LogP contribution in [-0.2, 0) is 9.59 Å². The molecule has 7 nitrogen and oxygen atoms in total. The van der Waals surface area contributed by atoms with Gasteiger partial charge in [-0.05, 0) is 55.0 Å². The highest BCUT2D eigenvalue weighted by molar-refractivity contribution is 6.51. The van der Waals surface area contributed by atoms with Crippen LogP contribution < -0.4 is 14.4 Å². The van der Waals surface area contributed by atoms with Crippen molar-refractivity contribution in [3.05, 3.63) is 83.1 Å². The van der Waals surface area contributed by atoms with Crippen LogP contribution in [-0.4, -0.2) is 23.6 Å². The number of fused-ring (bicyclic) bond motifs is 1. The Morgan fingerprint density at radius 3 is 2.65 bits per heavy atom. The third-order valence-electron chi connectivity index (χ3n) is 5.32. The number of carbonyl (C=O) groups excluding carboxylic acids is 2. The summed E-state index contributed by atoms with van der Waals surface area (Å²) in [6.45, 7) is 1.60. The van der Waals surface area contributed by atoms with E-state index in [0.717, 1.165) is 0 Å². The monoisotopic (exact) mass is 421 g/mol. The number of aliphatic hydroxyl groups is 1. The van der Waals surface area contributed by atoms with Crippen molar-refractivity contribution in [2.24, 2.45) is 0 Å². The van der Waals surface area contributed by atoms with Gasteiger partial charge in [0.25, 0.3) is 11.7 Å². The molecule has 3 heterocycles. The van der Waals surface area contributed by atoms with Gasteiger partial charge in [-0.15, -0.1) is 0 Å². The number of benzene rings is 2. The van der Waals surface area contributed by atoms with Gasteiger partial charge in [-0.3, -0.25) is 14.5 Å². The molecule has 0 radical (unpaired) electrons. The summed E-state index contributed by atoms with van der Waals surface area (Å²) in [6.07, 6.45) is 1.41. The summed E-state index contributed by atoms with van der Waals surface area (Å²) >= 11 is 0. The topological polar surface area (TPSA) is 89.2 Å². The molecule has 1 atom stereocenters. The number of halogens is 1. The van der Waals surface area contributed by atoms with Crippen molar-refractivity contribution in [1.29, 1.82) is 0 Å². The van der Waals surface area contributed by atoms with Gasteiger partial charge < -0.3 is 19.0 Å². The maximum atomic E-state index is 13.7. The minimum atomic E-state index is -1.01. The van der Waals surface area contributed by atoms with E-state index in [2.05, 4.69) is 0 Å². The SMILES string of the molecule is Cc1cc(/C(O)=C2/C(=O)C(=O)N(c3ccc4c(c3)OCO4)C2c2ccco2)ccc1F. The molecule has 2 aliphatic rings. The largest absolute Gasteiger partial charge is 0.507 e. The first kappa shape index (κ1) is 18.9. The van der Waals surface area contributed by atoms with Gasteiger partial charge in [0.15, 0.2) is 11.5 Å². The molecular weight excluding hydrogens is 405 g/mol. The fourth-order valence-corrected chi connectivity index (χ4v) is 3.80. The van der Waals surface area contributed by atoms with Gasteiger partial charge in [-0.2, -0.15) is 0 Å². The van der Waals surface area contributed by atoms with Crippen LogP contribution in [0.3, 0.4) is 0 Å². The number of aliphatic hydroxyl groups excluding tert-OH is 1. The van der Waals surface area contributed by atoms with E-state index in [1.165, 1.54) is 29.4 Å². The lowest BCUT2D eigenvalue weighted by Gasteiger charge is -2.23. The highest BCUT2D eigenvalue weighted by Gasteiger charge is 2.48. The minimum Gasteiger partial charge on any atom is -0.507 e. The first-order chi connectivity index (χ1) is 15.0. The lowest BCUT2D eigenvalue weighted by molar-refractivity contribution is -0.132. The molecule has 1 N–H and O–H groups in total. The fourth-order valence-electron chi connectivity index (χ4n) is 3.80. The molecule has 1 amide bonds. The zero-order valence-electron chi connectivity index (χ0n) is 16.3. The van der Waals surface area contributed by atoms with Crippen LogP contribution in [0.15, 0.2) is 64.8 Å². The maximum Gasteiger partial charge on any atom is 0.300 e. The maximum absolute atomic E-state index is 13.7. The van der Waals surface area contributed by atoms with Crippen molar-refractivity contribution in [3.63, 3.8) is 0 Å². The van der Waals surface area contributed by atoms with Crippen LogP contribution in [0.4, 0.5) is 10.1 Å². The van der Waals surface area contributed by atoms with E-state index in [4.69, 9.17) is 13.9 Å². The molecule has 31 heavy (non-hydrogen) atoms. The van der Waals surface area contributed by atoms with Gasteiger partial charge in [0.1, 0.15) is 23.4 Å². The van der Waals surface area contributed by atoms with E-state index in [9.17, 15) is 19.1 Å². The summed E-state index contributed by atoms with van der Waals surface area (Å²) in [5, 5.41) is 11.0. The Kier molecular flexibility index (Phi) is 4.28. The second-order valence-corrected chi connectivity index (χ2v) is 7.19. The smallest absolute Gasteiger partial charge is 0.300 e. The number of ketones is 1. The highest BCUT2D eigenvalue weighted by Crippen LogP contribution is 2.45. The quantitative estimate of drug-likeness (QED) is 0.389. The molecule has 2 aromatic carbocycles. The molecule has 156 valence electrons. The van der Waals surface area contributed by atoms with Crippen LogP contribution in [0.5, 0.6) is 11.5 Å². The van der Waals surface area contributed by atoms with E-state index in [1.54, 1.807) is 37.3 Å². The summed E-state index contributed by atoms with van der Waals surface area (Å²) in [6, 6.07) is 11.0. The molecule has 0 saturated carbocycles. The Hall–Kier alpha value is -4.07. The number of amides is 1. The number of hydrogen-bond donors (Lipinski definition) is 1. The van der Waals surface area contributed by atoms with Gasteiger partial charge in [0.2, 0.25) is 6.79 Å². The van der Waals surface area contributed by atoms with Gasteiger partial charge in [-0.25, -0.2) is 4.39 Å². The number of aryl methyl sites for hydroxylation is 1. The summed E-state index contributed by atoms with van der Waals surface area (Å²) < 4.78 is 29.9. The third kappa shape index (κ3) is 2.95. The summed E-state index contributed by atoms with van der Waals surface area (Å²) in [7, 11) is 0. The first-order valence-corrected chi connectivity index (χ1v) is 9.46. The third-order valence-corrected chi connectivity index (χ3v) is 5.32. The predicted molar refractivity (Wildman–Crippen MR) is 107 cm³/mol. The van der Waals surface area contributed by atoms with Crippen molar-refractivity contribution in [2.45, 2.75) is 13.0 Å². The van der Waals surface area contributed by atoms with Crippen LogP contribution in [0.2, 0.25) is 0 Å². The van der Waals surface area contributed by atoms with Gasteiger partial charge in [0.05, 0.1) is 11.8 Å². The molecule has 3 aromatic rings. The number of rotatable bonds is 3. The van der Waals surface area contributed by atoms with Crippen molar-refractivity contribution < 1.29 is 33.0 Å². The second-order valence-electron chi connectivity index (χ2n) is 7.19. The van der Waals surface area contributed by atoms with Gasteiger partial charge in [-0.1, -0.05) is 0 Å². The van der Waals surface area contributed by atoms with Crippen LogP contribution in [0.25, 0.3) is 5.76 Å². The number of furan rings is 1. The van der Waals surface area contributed by atoms with Crippen molar-refractivity contribution >= 4 is 23.1 Å². The number of Topliss-reactive ketones (excluding diaryl/α,β-unsaturated/α-hetero) is 1. The van der Waals surface area contributed by atoms with Gasteiger partial charge in [0, 0.05) is 17.3 Å². The molecule has 0 spiro atoms. The average molecular weight is 421 g/mol. The molecule has 5 rings (SSSR count). The Labute approximate surface area is 175 Å². The van der Waals surface area contributed by atoms with E-state index in [-0.39, 0.29) is 23.7 Å². The standard InChI is InChI=1S/C23H16FNO6/c1-12-9-13(4-6-15(12)24)21(26)19-20(17-3-2-8-29-17)25(23(28)22(19)27)14-5-7-16-18(10-14)31-11-30-16/h2-10,20,26H,11H2,1H3/b21-19-. The molecule has 0 bridgehead atoms. The lowest BCUT2D eigenvalue weighted by Crippen LogP contribution is -2.29. The molecule has 0 aliphatic carbocycles. The minimum absolute atomic E-state index is 0.0587. The van der Waals surface area contributed by atoms with E-state index in [0.29, 0.717) is 22.7 Å². The lowest BCUT2D eigenvalue weighted by atomic mass is 9.98. The number of ether oxygens (including phenoxy) is 2. The molecule has 8 heteroatoms. The number of anilines is 1. The number of carbonyl (C=O) groups is 2. The summed E-state index contributed by atoms with van der Waals surface area (Å²) in [4.78, 5) is 27.3. The molecule has 1 aromatic heterocycles. The Balaban J connectivity index is 1.69. The summed E-state index contributed by atoms with van der Waals surface area (Å²) in [5.74, 6) is -1.31. The van der Waals surface area contributed by atoms with Crippen LogP contribution >= 0.6 is 0 Å². The Morgan fingerprint density at radius 1 is 1.10 bits per heavy atom. The molecule has 1 fully saturated rings. The van der Waals surface area contributed by atoms with Crippen molar-refractivity contribution in [3.8, 4) is 11.5 Å². The normalized spacial score (nSPS) is 19.3. The number of nitrogens with zero attached hydrogens (tertiary/aromatic N) is 1. The van der Waals surface area contributed by atoms with Crippen LogP contribution in [0, 0.1) is 12.7 Å². The summed E-state index contributed by atoms with van der Waals surface area (Å²) in [5.41, 5.74) is 0.744. The fraction of sp³-hybridized carbons (Fsp3) is 0.130. The molecule has 1 saturated heterocycles. The zero-order valence-corrected chi connectivity index (χ0v) is 16.3. The van der Waals surface area contributed by atoms with Crippen LogP contribution in [0.1, 0.15) is 22.9 Å². The highest BCUT2D eigenvalue weighted by atomic mass is 19.1. The first-order valence-electron chi connectivity index (χ1n) is 9.46. The number of hydrogen-bond acceptors (Lipinski definition) is 6. The predicted octanol–water partition coefficient (Wildman–Crippen LogP) is 4.08. The van der Waals surface area contributed by atoms with E-state index >= 15 is 0 Å². The van der Waals surface area contributed by atoms with Crippen molar-refractivity contribution in [2.75, 3.05) is 11.7 Å². The molecular formula is C23H16FNO6. The molecule has 1 unspecified atom stereocenters. The van der Waals surface area contributed by atoms with Gasteiger partial charge >= 0.3 is 0 Å². The Bertz CT molecular complexity index is 1250. The zero-order chi connectivity index (χ0) is 21.7. The Morgan fingerprint density at radius 2 is 1.90 bits per heavy atom. The average Bonchev–Trinajstić information content (AvgIpc) is 3.50.